The highest BCUT2D eigenvalue weighted by molar-refractivity contribution is 6.34. The van der Waals surface area contributed by atoms with Crippen LogP contribution in [0.3, 0.4) is 0 Å². The highest BCUT2D eigenvalue weighted by Gasteiger charge is 2.19. The summed E-state index contributed by atoms with van der Waals surface area (Å²) in [4.78, 5) is 24.6. The predicted molar refractivity (Wildman–Crippen MR) is 74.0 cm³/mol. The number of hydrogen-bond donors (Lipinski definition) is 1. The molecule has 2 amide bonds. The molecule has 18 heavy (non-hydrogen) atoms. The number of carbonyl (C=O) groups excluding carboxylic acids is 2. The molecule has 0 heterocycles. The van der Waals surface area contributed by atoms with Gasteiger partial charge in [-0.15, -0.1) is 0 Å². The normalized spacial score (nSPS) is 12.0. The van der Waals surface area contributed by atoms with Crippen molar-refractivity contribution in [3.05, 3.63) is 36.0 Å². The van der Waals surface area contributed by atoms with Crippen molar-refractivity contribution in [1.29, 1.82) is 0 Å². The number of rotatable bonds is 5. The van der Waals surface area contributed by atoms with E-state index in [1.54, 1.807) is 6.08 Å². The van der Waals surface area contributed by atoms with Crippen molar-refractivity contribution in [2.24, 2.45) is 0 Å². The zero-order valence-corrected chi connectivity index (χ0v) is 11.6. The smallest absolute Gasteiger partial charge is 0.312 e. The maximum atomic E-state index is 11.8. The van der Waals surface area contributed by atoms with Crippen LogP contribution in [-0.4, -0.2) is 36.9 Å². The first kappa shape index (κ1) is 16.2. The van der Waals surface area contributed by atoms with Crippen LogP contribution in [0, 0.1) is 0 Å². The Kier molecular flexibility index (Phi) is 7.43. The van der Waals surface area contributed by atoms with Gasteiger partial charge in [-0.1, -0.05) is 24.8 Å². The van der Waals surface area contributed by atoms with Gasteiger partial charge in [0.05, 0.1) is 0 Å². The Bertz CT molecular complexity index is 381. The van der Waals surface area contributed by atoms with Crippen LogP contribution in [0.2, 0.25) is 0 Å². The van der Waals surface area contributed by atoms with Gasteiger partial charge < -0.3 is 10.2 Å². The zero-order chi connectivity index (χ0) is 14.1. The summed E-state index contributed by atoms with van der Waals surface area (Å²) in [5.41, 5.74) is 1.97. The Morgan fingerprint density at radius 1 is 1.39 bits per heavy atom. The van der Waals surface area contributed by atoms with Gasteiger partial charge in [-0.25, -0.2) is 0 Å². The van der Waals surface area contributed by atoms with E-state index < -0.39 is 11.8 Å². The second-order valence-electron chi connectivity index (χ2n) is 3.81. The zero-order valence-electron chi connectivity index (χ0n) is 11.6. The van der Waals surface area contributed by atoms with E-state index >= 15 is 0 Å². The molecule has 0 spiro atoms. The lowest BCUT2D eigenvalue weighted by Gasteiger charge is -2.21. The molecule has 100 valence electrons. The largest absolute Gasteiger partial charge is 0.351 e. The number of likely N-dealkylation sites (N-methyl/N-ethyl adjacent to an activating group) is 2. The van der Waals surface area contributed by atoms with E-state index in [1.807, 2.05) is 32.9 Å². The predicted octanol–water partition coefficient (Wildman–Crippen LogP) is 1.66. The molecule has 0 aromatic heterocycles. The Morgan fingerprint density at radius 3 is 2.39 bits per heavy atom. The number of amides is 2. The molecule has 0 unspecified atom stereocenters. The third-order valence-corrected chi connectivity index (χ3v) is 2.62. The molecule has 4 heteroatoms. The molecule has 0 aromatic rings. The summed E-state index contributed by atoms with van der Waals surface area (Å²) >= 11 is 0. The molecule has 0 rings (SSSR count). The van der Waals surface area contributed by atoms with E-state index in [-0.39, 0.29) is 0 Å². The molecular weight excluding hydrogens is 228 g/mol. The summed E-state index contributed by atoms with van der Waals surface area (Å²) in [7, 11) is 1.45. The summed E-state index contributed by atoms with van der Waals surface area (Å²) in [6, 6.07) is 0. The topological polar surface area (TPSA) is 49.4 Å². The highest BCUT2D eigenvalue weighted by atomic mass is 16.2. The molecule has 1 N–H and O–H groups in total. The molecule has 0 aliphatic rings. The number of nitrogens with one attached hydrogen (secondary N) is 1. The molecule has 0 aliphatic heterocycles. The molecule has 0 aliphatic carbocycles. The fraction of sp³-hybridized carbons (Fsp3) is 0.429. The van der Waals surface area contributed by atoms with Crippen LogP contribution in [0.4, 0.5) is 0 Å². The van der Waals surface area contributed by atoms with Crippen LogP contribution in [0.25, 0.3) is 0 Å². The minimum Gasteiger partial charge on any atom is -0.351 e. The van der Waals surface area contributed by atoms with Crippen LogP contribution >= 0.6 is 0 Å². The van der Waals surface area contributed by atoms with Gasteiger partial charge >= 0.3 is 11.8 Å². The van der Waals surface area contributed by atoms with Gasteiger partial charge in [0, 0.05) is 20.1 Å². The average Bonchev–Trinajstić information content (AvgIpc) is 2.38. The Hall–Kier alpha value is -1.84. The minimum atomic E-state index is -0.594. The molecule has 0 saturated carbocycles. The third-order valence-electron chi connectivity index (χ3n) is 2.62. The first-order chi connectivity index (χ1) is 8.51. The second kappa shape index (κ2) is 8.28. The van der Waals surface area contributed by atoms with Gasteiger partial charge in [0.25, 0.3) is 0 Å². The van der Waals surface area contributed by atoms with E-state index in [4.69, 9.17) is 0 Å². The molecule has 0 bridgehead atoms. The van der Waals surface area contributed by atoms with E-state index in [0.29, 0.717) is 13.1 Å². The van der Waals surface area contributed by atoms with Gasteiger partial charge in [-0.2, -0.15) is 0 Å². The van der Waals surface area contributed by atoms with Crippen molar-refractivity contribution in [3.63, 3.8) is 0 Å². The molecular formula is C14H22N2O2. The van der Waals surface area contributed by atoms with Gasteiger partial charge in [-0.05, 0) is 31.9 Å². The van der Waals surface area contributed by atoms with Crippen LogP contribution in [0.5, 0.6) is 0 Å². The van der Waals surface area contributed by atoms with Crippen LogP contribution in [0.1, 0.15) is 20.8 Å². The van der Waals surface area contributed by atoms with E-state index in [0.717, 1.165) is 11.1 Å². The highest BCUT2D eigenvalue weighted by Crippen LogP contribution is 2.09. The van der Waals surface area contributed by atoms with Crippen molar-refractivity contribution in [2.45, 2.75) is 20.8 Å². The number of nitrogens with zero attached hydrogens (tertiary/aromatic N) is 1. The lowest BCUT2D eigenvalue weighted by atomic mass is 10.1. The Labute approximate surface area is 109 Å². The standard InChI is InChI=1S/C14H22N2O2/c1-6-9-11(4)12(7-2)10-16(8-3)14(18)13(17)15-5/h6-7,9H,2,8,10H2,1,3-5H3,(H,15,17)/b9-6-,12-11+. The summed E-state index contributed by atoms with van der Waals surface area (Å²) < 4.78 is 0. The van der Waals surface area contributed by atoms with Crippen molar-refractivity contribution < 1.29 is 9.59 Å². The van der Waals surface area contributed by atoms with Crippen LogP contribution in [0.15, 0.2) is 36.0 Å². The van der Waals surface area contributed by atoms with Gasteiger partial charge in [0.15, 0.2) is 0 Å². The molecule has 4 nitrogen and oxygen atoms in total. The first-order valence-corrected chi connectivity index (χ1v) is 5.97. The van der Waals surface area contributed by atoms with Crippen LogP contribution < -0.4 is 5.32 Å². The Balaban J connectivity index is 5.01. The van der Waals surface area contributed by atoms with Crippen molar-refractivity contribution in [2.75, 3.05) is 20.1 Å². The summed E-state index contributed by atoms with van der Waals surface area (Å²) in [6.07, 6.45) is 5.60. The minimum absolute atomic E-state index is 0.391. The molecule has 0 aromatic carbocycles. The number of carbonyl (C=O) groups is 2. The fourth-order valence-electron chi connectivity index (χ4n) is 1.49. The average molecular weight is 250 g/mol. The number of hydrogen-bond acceptors (Lipinski definition) is 2. The SMILES string of the molecule is C=C/C(CN(CC)C(=O)C(=O)NC)=C(C)\C=C/C. The van der Waals surface area contributed by atoms with Crippen molar-refractivity contribution in [1.82, 2.24) is 10.2 Å². The summed E-state index contributed by atoms with van der Waals surface area (Å²) in [5, 5.41) is 2.34. The number of allylic oxidation sites excluding steroid dienone is 3. The van der Waals surface area contributed by atoms with E-state index in [9.17, 15) is 9.59 Å². The quantitative estimate of drug-likeness (QED) is 0.596. The Morgan fingerprint density at radius 2 is 2.00 bits per heavy atom. The molecule has 0 fully saturated rings. The fourth-order valence-corrected chi connectivity index (χ4v) is 1.49. The molecule has 0 saturated heterocycles. The first-order valence-electron chi connectivity index (χ1n) is 5.97. The maximum Gasteiger partial charge on any atom is 0.312 e. The maximum absolute atomic E-state index is 11.8. The summed E-state index contributed by atoms with van der Waals surface area (Å²) in [6.45, 7) is 10.3. The van der Waals surface area contributed by atoms with E-state index in [2.05, 4.69) is 11.9 Å². The molecule has 0 radical (unpaired) electrons. The lowest BCUT2D eigenvalue weighted by molar-refractivity contribution is -0.145. The van der Waals surface area contributed by atoms with Gasteiger partial charge in [-0.3, -0.25) is 9.59 Å². The van der Waals surface area contributed by atoms with Crippen molar-refractivity contribution >= 4 is 11.8 Å². The van der Waals surface area contributed by atoms with Gasteiger partial charge in [0.1, 0.15) is 0 Å². The monoisotopic (exact) mass is 250 g/mol. The molecule has 0 atom stereocenters. The van der Waals surface area contributed by atoms with Crippen LogP contribution in [-0.2, 0) is 9.59 Å². The van der Waals surface area contributed by atoms with Gasteiger partial charge in [0.2, 0.25) is 0 Å². The second-order valence-corrected chi connectivity index (χ2v) is 3.81. The lowest BCUT2D eigenvalue weighted by Crippen LogP contribution is -2.42. The van der Waals surface area contributed by atoms with Crippen molar-refractivity contribution in [3.8, 4) is 0 Å². The summed E-state index contributed by atoms with van der Waals surface area (Å²) in [5.74, 6) is -1.11. The third kappa shape index (κ3) is 4.57. The van der Waals surface area contributed by atoms with E-state index in [1.165, 1.54) is 11.9 Å².